The van der Waals surface area contributed by atoms with E-state index >= 15 is 0 Å². The summed E-state index contributed by atoms with van der Waals surface area (Å²) in [7, 11) is 0. The monoisotopic (exact) mass is 632 g/mol. The Kier molecular flexibility index (Phi) is 10.3. The molecular weight excluding hydrogens is 588 g/mol. The maximum absolute atomic E-state index is 12.7. The molecule has 0 radical (unpaired) electrons. The number of hydrogen-bond acceptors (Lipinski definition) is 9. The third kappa shape index (κ3) is 8.65. The highest BCUT2D eigenvalue weighted by molar-refractivity contribution is 7.13. The third-order valence-electron chi connectivity index (χ3n) is 6.85. The van der Waals surface area contributed by atoms with Crippen molar-refractivity contribution in [1.29, 1.82) is 0 Å². The number of benzene rings is 1. The van der Waals surface area contributed by atoms with E-state index in [1.165, 1.54) is 11.3 Å². The molecule has 0 unspecified atom stereocenters. The Morgan fingerprint density at radius 2 is 1.78 bits per heavy atom. The molecule has 45 heavy (non-hydrogen) atoms. The number of carbonyl (C=O) groups is 2. The number of aryl methyl sites for hydroxylation is 1. The molecule has 1 saturated heterocycles. The molecule has 1 aliphatic heterocycles. The average molecular weight is 633 g/mol. The summed E-state index contributed by atoms with van der Waals surface area (Å²) in [6, 6.07) is 8.01. The number of rotatable bonds is 7. The van der Waals surface area contributed by atoms with E-state index in [2.05, 4.69) is 52.5 Å². The minimum Gasteiger partial charge on any atom is -0.444 e. The first-order valence-corrected chi connectivity index (χ1v) is 16.0. The first kappa shape index (κ1) is 33.6. The first-order valence-electron chi connectivity index (χ1n) is 15.2. The number of aromatic nitrogens is 5. The van der Waals surface area contributed by atoms with E-state index in [9.17, 15) is 9.59 Å². The number of ether oxygens (including phenoxy) is 1. The molecule has 1 aliphatic rings. The number of amides is 2. The van der Waals surface area contributed by atoms with Crippen LogP contribution in [0.2, 0.25) is 0 Å². The molecule has 0 saturated carbocycles. The van der Waals surface area contributed by atoms with Crippen molar-refractivity contribution in [2.75, 3.05) is 18.4 Å². The van der Waals surface area contributed by atoms with Gasteiger partial charge < -0.3 is 20.3 Å². The lowest BCUT2D eigenvalue weighted by atomic mass is 9.98. The number of nitrogens with zero attached hydrogens (tertiary/aromatic N) is 6. The van der Waals surface area contributed by atoms with Crippen LogP contribution in [-0.4, -0.2) is 60.3 Å². The van der Waals surface area contributed by atoms with Crippen LogP contribution < -0.4 is 10.6 Å². The molecule has 0 bridgehead atoms. The number of anilines is 2. The smallest absolute Gasteiger partial charge is 0.410 e. The van der Waals surface area contributed by atoms with Crippen molar-refractivity contribution in [3.8, 4) is 11.3 Å². The quantitative estimate of drug-likeness (QED) is 0.225. The molecule has 240 valence electrons. The topological polar surface area (TPSA) is 127 Å². The molecule has 11 nitrogen and oxygen atoms in total. The lowest BCUT2D eigenvalue weighted by Crippen LogP contribution is -2.52. The zero-order valence-electron chi connectivity index (χ0n) is 27.6. The standard InChI is InChI=1S/C31H38N8O3S.C2H6/c1-19-12-20(8-9-21(19)13-33-26(40)25-15-34-27(43-25)30(2,3)4)24-10-11-32-28(37-24)36-22-14-35-39(16-22)23-17-38(18-23)29(41)42-31(5,6)7;1-2/h8-12,14-16,23H,13,17-18H2,1-7H3,(H,33,40)(H,32,36,37);1-2H3. The van der Waals surface area contributed by atoms with Crippen LogP contribution in [0.3, 0.4) is 0 Å². The van der Waals surface area contributed by atoms with E-state index in [-0.39, 0.29) is 23.5 Å². The molecule has 0 spiro atoms. The summed E-state index contributed by atoms with van der Waals surface area (Å²) in [6.45, 7) is 19.4. The maximum atomic E-state index is 12.7. The second kappa shape index (κ2) is 13.8. The summed E-state index contributed by atoms with van der Waals surface area (Å²) in [4.78, 5) is 40.7. The number of thiazole rings is 1. The van der Waals surface area contributed by atoms with Crippen LogP contribution in [0, 0.1) is 6.92 Å². The molecule has 3 aromatic heterocycles. The summed E-state index contributed by atoms with van der Waals surface area (Å²) in [5, 5.41) is 11.6. The van der Waals surface area contributed by atoms with Gasteiger partial charge >= 0.3 is 6.09 Å². The maximum Gasteiger partial charge on any atom is 0.410 e. The van der Waals surface area contributed by atoms with Crippen molar-refractivity contribution in [3.63, 3.8) is 0 Å². The largest absolute Gasteiger partial charge is 0.444 e. The normalized spacial score (nSPS) is 13.4. The molecular formula is C33H44N8O3S. The molecule has 0 atom stereocenters. The van der Waals surface area contributed by atoms with E-state index in [0.717, 1.165) is 33.1 Å². The van der Waals surface area contributed by atoms with Crippen molar-refractivity contribution in [3.05, 3.63) is 70.1 Å². The molecule has 4 heterocycles. The zero-order valence-corrected chi connectivity index (χ0v) is 28.5. The Labute approximate surface area is 269 Å². The SMILES string of the molecule is CC.Cc1cc(-c2ccnc(Nc3cnn(C4CN(C(=O)OC(C)(C)C)C4)c3)n2)ccc1CNC(=O)c1cnc(C(C)(C)C)s1. The summed E-state index contributed by atoms with van der Waals surface area (Å²) in [6.07, 6.45) is 6.66. The summed E-state index contributed by atoms with van der Waals surface area (Å²) in [5.41, 5.74) is 3.95. The van der Waals surface area contributed by atoms with Gasteiger partial charge in [0.05, 0.1) is 34.8 Å². The van der Waals surface area contributed by atoms with E-state index < -0.39 is 5.60 Å². The highest BCUT2D eigenvalue weighted by Crippen LogP contribution is 2.28. The van der Waals surface area contributed by atoms with Crippen molar-refractivity contribution < 1.29 is 14.3 Å². The highest BCUT2D eigenvalue weighted by atomic mass is 32.1. The molecule has 1 aromatic carbocycles. The number of likely N-dealkylation sites (tertiary alicyclic amines) is 1. The molecule has 2 N–H and O–H groups in total. The Bertz CT molecular complexity index is 1630. The Morgan fingerprint density at radius 3 is 2.42 bits per heavy atom. The van der Waals surface area contributed by atoms with Crippen molar-refractivity contribution in [1.82, 2.24) is 34.9 Å². The van der Waals surface area contributed by atoms with Gasteiger partial charge in [-0.3, -0.25) is 9.48 Å². The van der Waals surface area contributed by atoms with Crippen molar-refractivity contribution in [2.24, 2.45) is 0 Å². The minimum atomic E-state index is -0.517. The Balaban J connectivity index is 0.00000226. The number of hydrogen-bond donors (Lipinski definition) is 2. The van der Waals surface area contributed by atoms with Gasteiger partial charge in [-0.15, -0.1) is 11.3 Å². The van der Waals surface area contributed by atoms with Crippen LogP contribution in [0.4, 0.5) is 16.4 Å². The summed E-state index contributed by atoms with van der Waals surface area (Å²) < 4.78 is 7.27. The molecule has 4 aromatic rings. The fraction of sp³-hybridized carbons (Fsp3) is 0.455. The zero-order chi connectivity index (χ0) is 32.9. The molecule has 2 amide bonds. The number of nitrogens with one attached hydrogen (secondary N) is 2. The second-order valence-corrected chi connectivity index (χ2v) is 13.8. The van der Waals surface area contributed by atoms with Crippen LogP contribution in [0.15, 0.2) is 49.1 Å². The van der Waals surface area contributed by atoms with E-state index in [1.807, 2.05) is 70.6 Å². The summed E-state index contributed by atoms with van der Waals surface area (Å²) >= 11 is 1.43. The fourth-order valence-corrected chi connectivity index (χ4v) is 5.34. The van der Waals surface area contributed by atoms with Gasteiger partial charge in [-0.05, 0) is 51.0 Å². The van der Waals surface area contributed by atoms with Gasteiger partial charge in [0.25, 0.3) is 5.91 Å². The molecule has 1 fully saturated rings. The van der Waals surface area contributed by atoms with Gasteiger partial charge in [0, 0.05) is 43.0 Å². The fourth-order valence-electron chi connectivity index (χ4n) is 4.45. The first-order chi connectivity index (χ1) is 21.2. The van der Waals surface area contributed by atoms with Crippen LogP contribution in [0.1, 0.15) is 87.2 Å². The molecule has 5 rings (SSSR count). The van der Waals surface area contributed by atoms with Crippen molar-refractivity contribution in [2.45, 2.75) is 85.9 Å². The lowest BCUT2D eigenvalue weighted by molar-refractivity contribution is -0.000388. The van der Waals surface area contributed by atoms with Gasteiger partial charge in [-0.25, -0.2) is 19.7 Å². The minimum absolute atomic E-state index is 0.0862. The van der Waals surface area contributed by atoms with Gasteiger partial charge in [0.2, 0.25) is 5.95 Å². The van der Waals surface area contributed by atoms with Gasteiger partial charge in [0.1, 0.15) is 10.5 Å². The van der Waals surface area contributed by atoms with Gasteiger partial charge in [0.15, 0.2) is 0 Å². The number of carbonyl (C=O) groups excluding carboxylic acids is 2. The predicted octanol–water partition coefficient (Wildman–Crippen LogP) is 6.89. The third-order valence-corrected chi connectivity index (χ3v) is 8.27. The van der Waals surface area contributed by atoms with Gasteiger partial charge in [-0.2, -0.15) is 5.10 Å². The lowest BCUT2D eigenvalue weighted by Gasteiger charge is -2.39. The van der Waals surface area contributed by atoms with E-state index in [0.29, 0.717) is 30.5 Å². The molecule has 12 heteroatoms. The predicted molar refractivity (Wildman–Crippen MR) is 178 cm³/mol. The van der Waals surface area contributed by atoms with Crippen LogP contribution in [0.25, 0.3) is 11.3 Å². The Morgan fingerprint density at radius 1 is 1.04 bits per heavy atom. The van der Waals surface area contributed by atoms with E-state index in [1.54, 1.807) is 23.5 Å². The van der Waals surface area contributed by atoms with Crippen LogP contribution in [-0.2, 0) is 16.7 Å². The van der Waals surface area contributed by atoms with Crippen LogP contribution >= 0.6 is 11.3 Å². The van der Waals surface area contributed by atoms with Crippen molar-refractivity contribution >= 4 is 35.0 Å². The summed E-state index contributed by atoms with van der Waals surface area (Å²) in [5.74, 6) is 0.332. The second-order valence-electron chi connectivity index (χ2n) is 12.7. The molecule has 0 aliphatic carbocycles. The highest BCUT2D eigenvalue weighted by Gasteiger charge is 2.35. The Hall–Kier alpha value is -4.32. The average Bonchev–Trinajstić information content (AvgIpc) is 3.62. The van der Waals surface area contributed by atoms with Gasteiger partial charge in [-0.1, -0.05) is 46.8 Å². The van der Waals surface area contributed by atoms with E-state index in [4.69, 9.17) is 9.72 Å². The van der Waals surface area contributed by atoms with Crippen LogP contribution in [0.5, 0.6) is 0 Å².